The third-order valence-electron chi connectivity index (χ3n) is 2.30. The van der Waals surface area contributed by atoms with E-state index >= 15 is 0 Å². The number of phenols is 1. The monoisotopic (exact) mass is 206 g/mol. The number of nitrogens with one attached hydrogen (secondary N) is 2. The van der Waals surface area contributed by atoms with Crippen molar-refractivity contribution in [2.45, 2.75) is 25.4 Å². The van der Waals surface area contributed by atoms with Crippen LogP contribution in [0.2, 0.25) is 0 Å². The van der Waals surface area contributed by atoms with Crippen molar-refractivity contribution < 1.29 is 9.90 Å². The molecule has 1 fully saturated rings. The van der Waals surface area contributed by atoms with Gasteiger partial charge in [0.05, 0.1) is 0 Å². The highest BCUT2D eigenvalue weighted by molar-refractivity contribution is 5.74. The number of benzene rings is 1. The summed E-state index contributed by atoms with van der Waals surface area (Å²) in [6, 6.07) is 7.04. The second kappa shape index (κ2) is 4.21. The van der Waals surface area contributed by atoms with Crippen molar-refractivity contribution in [1.29, 1.82) is 0 Å². The number of hydrogen-bond donors (Lipinski definition) is 3. The first-order valence-corrected chi connectivity index (χ1v) is 5.06. The molecule has 0 spiro atoms. The first kappa shape index (κ1) is 9.83. The van der Waals surface area contributed by atoms with E-state index in [0.717, 1.165) is 18.4 Å². The lowest BCUT2D eigenvalue weighted by molar-refractivity contribution is 0.240. The molecule has 4 nitrogen and oxygen atoms in total. The van der Waals surface area contributed by atoms with Gasteiger partial charge in [-0.05, 0) is 30.5 Å². The van der Waals surface area contributed by atoms with Crippen LogP contribution in [-0.2, 0) is 6.54 Å². The molecule has 0 unspecified atom stereocenters. The Balaban J connectivity index is 1.76. The van der Waals surface area contributed by atoms with Crippen molar-refractivity contribution in [2.24, 2.45) is 0 Å². The predicted octanol–water partition coefficient (Wildman–Crippen LogP) is 1.35. The van der Waals surface area contributed by atoms with E-state index in [0.29, 0.717) is 12.6 Å². The zero-order chi connectivity index (χ0) is 10.7. The van der Waals surface area contributed by atoms with Crippen molar-refractivity contribution in [2.75, 3.05) is 0 Å². The Kier molecular flexibility index (Phi) is 2.76. The number of hydrogen-bond acceptors (Lipinski definition) is 2. The summed E-state index contributed by atoms with van der Waals surface area (Å²) in [6.07, 6.45) is 2.18. The quantitative estimate of drug-likeness (QED) is 0.699. The molecule has 1 aromatic rings. The normalized spacial score (nSPS) is 14.7. The van der Waals surface area contributed by atoms with Crippen molar-refractivity contribution in [3.05, 3.63) is 29.8 Å². The van der Waals surface area contributed by atoms with E-state index in [9.17, 15) is 4.79 Å². The maximum atomic E-state index is 11.3. The van der Waals surface area contributed by atoms with E-state index in [1.165, 1.54) is 0 Å². The van der Waals surface area contributed by atoms with E-state index in [1.807, 2.05) is 0 Å². The molecule has 4 heteroatoms. The van der Waals surface area contributed by atoms with Gasteiger partial charge in [-0.15, -0.1) is 0 Å². The van der Waals surface area contributed by atoms with Crippen LogP contribution in [-0.4, -0.2) is 17.2 Å². The Morgan fingerprint density at radius 1 is 1.33 bits per heavy atom. The first-order chi connectivity index (χ1) is 7.24. The van der Waals surface area contributed by atoms with E-state index < -0.39 is 0 Å². The van der Waals surface area contributed by atoms with Gasteiger partial charge in [-0.25, -0.2) is 4.79 Å². The van der Waals surface area contributed by atoms with Crippen LogP contribution in [0.5, 0.6) is 5.75 Å². The van der Waals surface area contributed by atoms with Gasteiger partial charge >= 0.3 is 6.03 Å². The second-order valence-electron chi connectivity index (χ2n) is 3.77. The third kappa shape index (κ3) is 3.16. The molecule has 2 amide bonds. The molecule has 2 rings (SSSR count). The number of rotatable bonds is 3. The summed E-state index contributed by atoms with van der Waals surface area (Å²) in [4.78, 5) is 11.3. The fraction of sp³-hybridized carbons (Fsp3) is 0.364. The molecule has 1 aliphatic carbocycles. The predicted molar refractivity (Wildman–Crippen MR) is 56.5 cm³/mol. The molecule has 15 heavy (non-hydrogen) atoms. The Hall–Kier alpha value is -1.71. The number of amides is 2. The largest absolute Gasteiger partial charge is 0.508 e. The van der Waals surface area contributed by atoms with Crippen LogP contribution in [0, 0.1) is 0 Å². The van der Waals surface area contributed by atoms with Crippen LogP contribution in [0.25, 0.3) is 0 Å². The highest BCUT2D eigenvalue weighted by atomic mass is 16.3. The van der Waals surface area contributed by atoms with Gasteiger partial charge in [0.15, 0.2) is 0 Å². The number of carbonyl (C=O) groups is 1. The fourth-order valence-electron chi connectivity index (χ4n) is 1.26. The summed E-state index contributed by atoms with van der Waals surface area (Å²) in [5, 5.41) is 14.7. The average Bonchev–Trinajstić information content (AvgIpc) is 3.01. The number of urea groups is 1. The lowest BCUT2D eigenvalue weighted by Gasteiger charge is -2.06. The Bertz CT molecular complexity index is 344. The summed E-state index contributed by atoms with van der Waals surface area (Å²) < 4.78 is 0. The Morgan fingerprint density at radius 2 is 2.00 bits per heavy atom. The van der Waals surface area contributed by atoms with Crippen molar-refractivity contribution in [3.63, 3.8) is 0 Å². The summed E-state index contributed by atoms with van der Waals surface area (Å²) >= 11 is 0. The number of phenolic OH excluding ortho intramolecular Hbond substituents is 1. The maximum absolute atomic E-state index is 11.3. The topological polar surface area (TPSA) is 61.4 Å². The van der Waals surface area contributed by atoms with Crippen LogP contribution in [0.15, 0.2) is 24.3 Å². The van der Waals surface area contributed by atoms with E-state index in [2.05, 4.69) is 10.6 Å². The molecule has 0 aliphatic heterocycles. The van der Waals surface area contributed by atoms with Crippen molar-refractivity contribution in [3.8, 4) is 5.75 Å². The minimum absolute atomic E-state index is 0.120. The lowest BCUT2D eigenvalue weighted by Crippen LogP contribution is -2.36. The average molecular weight is 206 g/mol. The van der Waals surface area contributed by atoms with Crippen LogP contribution in [0.4, 0.5) is 4.79 Å². The van der Waals surface area contributed by atoms with Crippen molar-refractivity contribution >= 4 is 6.03 Å². The molecule has 0 heterocycles. The van der Waals surface area contributed by atoms with Gasteiger partial charge in [0.1, 0.15) is 5.75 Å². The minimum Gasteiger partial charge on any atom is -0.508 e. The molecule has 1 aliphatic rings. The van der Waals surface area contributed by atoms with Crippen LogP contribution in [0.3, 0.4) is 0 Å². The molecule has 3 N–H and O–H groups in total. The molecular weight excluding hydrogens is 192 g/mol. The minimum atomic E-state index is -0.120. The van der Waals surface area contributed by atoms with E-state index in [4.69, 9.17) is 5.11 Å². The zero-order valence-electron chi connectivity index (χ0n) is 8.36. The van der Waals surface area contributed by atoms with Gasteiger partial charge in [0.2, 0.25) is 0 Å². The van der Waals surface area contributed by atoms with E-state index in [1.54, 1.807) is 24.3 Å². The third-order valence-corrected chi connectivity index (χ3v) is 2.30. The first-order valence-electron chi connectivity index (χ1n) is 5.06. The molecule has 0 radical (unpaired) electrons. The maximum Gasteiger partial charge on any atom is 0.315 e. The fourth-order valence-corrected chi connectivity index (χ4v) is 1.26. The van der Waals surface area contributed by atoms with Crippen LogP contribution >= 0.6 is 0 Å². The Morgan fingerprint density at radius 3 is 2.60 bits per heavy atom. The molecule has 80 valence electrons. The van der Waals surface area contributed by atoms with Gasteiger partial charge < -0.3 is 15.7 Å². The van der Waals surface area contributed by atoms with Gasteiger partial charge in [-0.2, -0.15) is 0 Å². The molecule has 0 bridgehead atoms. The van der Waals surface area contributed by atoms with Gasteiger partial charge in [0, 0.05) is 12.6 Å². The number of aromatic hydroxyl groups is 1. The summed E-state index contributed by atoms with van der Waals surface area (Å²) in [6.45, 7) is 0.485. The van der Waals surface area contributed by atoms with Gasteiger partial charge in [-0.1, -0.05) is 12.1 Å². The van der Waals surface area contributed by atoms with Crippen LogP contribution < -0.4 is 10.6 Å². The van der Waals surface area contributed by atoms with Gasteiger partial charge in [0.25, 0.3) is 0 Å². The molecule has 0 aromatic heterocycles. The second-order valence-corrected chi connectivity index (χ2v) is 3.77. The number of carbonyl (C=O) groups excluding carboxylic acids is 1. The summed E-state index contributed by atoms with van der Waals surface area (Å²) in [5.74, 6) is 0.237. The molecule has 1 saturated carbocycles. The Labute approximate surface area is 88.3 Å². The highest BCUT2D eigenvalue weighted by Gasteiger charge is 2.22. The van der Waals surface area contributed by atoms with E-state index in [-0.39, 0.29) is 11.8 Å². The smallest absolute Gasteiger partial charge is 0.315 e. The lowest BCUT2D eigenvalue weighted by atomic mass is 10.2. The molecule has 0 saturated heterocycles. The van der Waals surface area contributed by atoms with Crippen LogP contribution in [0.1, 0.15) is 18.4 Å². The van der Waals surface area contributed by atoms with Crippen molar-refractivity contribution in [1.82, 2.24) is 10.6 Å². The molecule has 1 aromatic carbocycles. The highest BCUT2D eigenvalue weighted by Crippen LogP contribution is 2.18. The zero-order valence-corrected chi connectivity index (χ0v) is 8.36. The standard InChI is InChI=1S/C11H14N2O2/c14-10-5-1-8(2-6-10)7-12-11(15)13-9-3-4-9/h1-2,5-6,9,14H,3-4,7H2,(H2,12,13,15). The summed E-state index contributed by atoms with van der Waals surface area (Å²) in [5.41, 5.74) is 0.971. The SMILES string of the molecule is O=C(NCc1ccc(O)cc1)NC1CC1. The van der Waals surface area contributed by atoms with Gasteiger partial charge in [-0.3, -0.25) is 0 Å². The summed E-state index contributed by atoms with van der Waals surface area (Å²) in [7, 11) is 0. The molecule has 0 atom stereocenters. The molecular formula is C11H14N2O2.